The SMILES string of the molecule is CCCC(C)NC1CCc2cc(NC(=O)OC(C)(C)C)ccc21. The van der Waals surface area contributed by atoms with Crippen LogP contribution in [-0.4, -0.2) is 17.7 Å². The van der Waals surface area contributed by atoms with Gasteiger partial charge >= 0.3 is 6.09 Å². The predicted molar refractivity (Wildman–Crippen MR) is 94.9 cm³/mol. The van der Waals surface area contributed by atoms with Crippen LogP contribution in [0, 0.1) is 0 Å². The Labute approximate surface area is 140 Å². The highest BCUT2D eigenvalue weighted by molar-refractivity contribution is 5.85. The number of anilines is 1. The average molecular weight is 318 g/mol. The number of benzene rings is 1. The molecule has 2 unspecified atom stereocenters. The van der Waals surface area contributed by atoms with Crippen molar-refractivity contribution in [2.24, 2.45) is 0 Å². The van der Waals surface area contributed by atoms with Crippen LogP contribution in [-0.2, 0) is 11.2 Å². The Bertz CT molecular complexity index is 549. The summed E-state index contributed by atoms with van der Waals surface area (Å²) in [5.74, 6) is 0. The lowest BCUT2D eigenvalue weighted by atomic mass is 10.1. The van der Waals surface area contributed by atoms with Crippen molar-refractivity contribution in [3.8, 4) is 0 Å². The van der Waals surface area contributed by atoms with Crippen LogP contribution in [0.25, 0.3) is 0 Å². The van der Waals surface area contributed by atoms with Crippen LogP contribution >= 0.6 is 0 Å². The highest BCUT2D eigenvalue weighted by atomic mass is 16.6. The minimum atomic E-state index is -0.481. The van der Waals surface area contributed by atoms with Gasteiger partial charge in [-0.15, -0.1) is 0 Å². The number of hydrogen-bond acceptors (Lipinski definition) is 3. The summed E-state index contributed by atoms with van der Waals surface area (Å²) in [5.41, 5.74) is 3.01. The standard InChI is InChI=1S/C19H30N2O2/c1-6-7-13(2)20-17-11-8-14-12-15(9-10-16(14)17)21-18(22)23-19(3,4)5/h9-10,12-13,17,20H,6-8,11H2,1-5H3,(H,21,22). The van der Waals surface area contributed by atoms with Crippen molar-refractivity contribution in [3.05, 3.63) is 29.3 Å². The smallest absolute Gasteiger partial charge is 0.412 e. The van der Waals surface area contributed by atoms with Gasteiger partial charge in [0, 0.05) is 17.8 Å². The summed E-state index contributed by atoms with van der Waals surface area (Å²) in [6, 6.07) is 7.14. The first kappa shape index (κ1) is 17.8. The van der Waals surface area contributed by atoms with Crippen LogP contribution in [0.3, 0.4) is 0 Å². The number of rotatable bonds is 5. The van der Waals surface area contributed by atoms with E-state index in [9.17, 15) is 4.79 Å². The van der Waals surface area contributed by atoms with Crippen LogP contribution in [0.15, 0.2) is 18.2 Å². The number of ether oxygens (including phenoxy) is 1. The number of nitrogens with one attached hydrogen (secondary N) is 2. The molecule has 0 fully saturated rings. The van der Waals surface area contributed by atoms with Crippen molar-refractivity contribution in [2.45, 2.75) is 78.0 Å². The van der Waals surface area contributed by atoms with E-state index >= 15 is 0 Å². The third-order valence-corrected chi connectivity index (χ3v) is 4.07. The summed E-state index contributed by atoms with van der Waals surface area (Å²) < 4.78 is 5.30. The molecule has 0 radical (unpaired) electrons. The Balaban J connectivity index is 2.00. The zero-order chi connectivity index (χ0) is 17.0. The summed E-state index contributed by atoms with van der Waals surface area (Å²) in [4.78, 5) is 11.9. The number of hydrogen-bond donors (Lipinski definition) is 2. The first-order valence-corrected chi connectivity index (χ1v) is 8.67. The maximum Gasteiger partial charge on any atom is 0.412 e. The van der Waals surface area contributed by atoms with E-state index in [1.165, 1.54) is 24.0 Å². The number of carbonyl (C=O) groups is 1. The third kappa shape index (κ3) is 5.24. The first-order chi connectivity index (χ1) is 10.8. The normalized spacial score (nSPS) is 18.4. The second-order valence-corrected chi connectivity index (χ2v) is 7.49. The molecule has 2 rings (SSSR count). The minimum Gasteiger partial charge on any atom is -0.444 e. The van der Waals surface area contributed by atoms with Gasteiger partial charge in [0.2, 0.25) is 0 Å². The highest BCUT2D eigenvalue weighted by Gasteiger charge is 2.24. The van der Waals surface area contributed by atoms with Gasteiger partial charge in [0.1, 0.15) is 5.60 Å². The Hall–Kier alpha value is -1.55. The molecular weight excluding hydrogens is 288 g/mol. The van der Waals surface area contributed by atoms with Crippen molar-refractivity contribution in [1.29, 1.82) is 0 Å². The summed E-state index contributed by atoms with van der Waals surface area (Å²) in [5, 5.41) is 6.54. The molecule has 0 aliphatic heterocycles. The van der Waals surface area contributed by atoms with E-state index in [1.54, 1.807) is 0 Å². The van der Waals surface area contributed by atoms with E-state index in [4.69, 9.17) is 4.74 Å². The molecular formula is C19H30N2O2. The number of aryl methyl sites for hydroxylation is 1. The van der Waals surface area contributed by atoms with Crippen molar-refractivity contribution < 1.29 is 9.53 Å². The number of amides is 1. The lowest BCUT2D eigenvalue weighted by molar-refractivity contribution is 0.0636. The third-order valence-electron chi connectivity index (χ3n) is 4.07. The van der Waals surface area contributed by atoms with E-state index in [1.807, 2.05) is 26.8 Å². The zero-order valence-electron chi connectivity index (χ0n) is 15.0. The monoisotopic (exact) mass is 318 g/mol. The molecule has 0 saturated heterocycles. The second-order valence-electron chi connectivity index (χ2n) is 7.49. The van der Waals surface area contributed by atoms with Gasteiger partial charge in [-0.2, -0.15) is 0 Å². The lowest BCUT2D eigenvalue weighted by Crippen LogP contribution is -2.29. The fourth-order valence-corrected chi connectivity index (χ4v) is 3.15. The molecule has 2 atom stereocenters. The maximum absolute atomic E-state index is 11.9. The van der Waals surface area contributed by atoms with Gasteiger partial charge in [-0.05, 0) is 70.2 Å². The molecule has 1 aliphatic rings. The Morgan fingerprint density at radius 3 is 2.78 bits per heavy atom. The average Bonchev–Trinajstić information content (AvgIpc) is 2.79. The maximum atomic E-state index is 11.9. The molecule has 128 valence electrons. The lowest BCUT2D eigenvalue weighted by Gasteiger charge is -2.21. The summed E-state index contributed by atoms with van der Waals surface area (Å²) in [7, 11) is 0. The molecule has 0 bridgehead atoms. The molecule has 0 saturated carbocycles. The van der Waals surface area contributed by atoms with Crippen LogP contribution in [0.4, 0.5) is 10.5 Å². The van der Waals surface area contributed by atoms with E-state index in [2.05, 4.69) is 36.6 Å². The summed E-state index contributed by atoms with van der Waals surface area (Å²) in [6.07, 6.45) is 4.17. The largest absolute Gasteiger partial charge is 0.444 e. The van der Waals surface area contributed by atoms with Crippen LogP contribution in [0.1, 0.15) is 71.0 Å². The Morgan fingerprint density at radius 2 is 2.13 bits per heavy atom. The second kappa shape index (κ2) is 7.35. The van der Waals surface area contributed by atoms with Crippen molar-refractivity contribution >= 4 is 11.8 Å². The zero-order valence-corrected chi connectivity index (χ0v) is 15.0. The van der Waals surface area contributed by atoms with E-state index < -0.39 is 11.7 Å². The van der Waals surface area contributed by atoms with Crippen LogP contribution in [0.5, 0.6) is 0 Å². The van der Waals surface area contributed by atoms with Gasteiger partial charge in [0.15, 0.2) is 0 Å². The van der Waals surface area contributed by atoms with Gasteiger partial charge in [-0.25, -0.2) is 4.79 Å². The van der Waals surface area contributed by atoms with Gasteiger partial charge in [-0.1, -0.05) is 19.4 Å². The molecule has 1 aromatic carbocycles. The minimum absolute atomic E-state index is 0.401. The highest BCUT2D eigenvalue weighted by Crippen LogP contribution is 2.33. The molecule has 0 heterocycles. The molecule has 0 spiro atoms. The molecule has 1 aliphatic carbocycles. The van der Waals surface area contributed by atoms with E-state index in [-0.39, 0.29) is 0 Å². The van der Waals surface area contributed by atoms with Crippen molar-refractivity contribution in [1.82, 2.24) is 5.32 Å². The molecule has 4 nitrogen and oxygen atoms in total. The topological polar surface area (TPSA) is 50.4 Å². The van der Waals surface area contributed by atoms with Gasteiger partial charge in [-0.3, -0.25) is 5.32 Å². The van der Waals surface area contributed by atoms with Gasteiger partial charge < -0.3 is 10.1 Å². The molecule has 4 heteroatoms. The van der Waals surface area contributed by atoms with Crippen LogP contribution in [0.2, 0.25) is 0 Å². The molecule has 0 aromatic heterocycles. The van der Waals surface area contributed by atoms with Crippen molar-refractivity contribution in [2.75, 3.05) is 5.32 Å². The molecule has 1 amide bonds. The van der Waals surface area contributed by atoms with E-state index in [0.29, 0.717) is 12.1 Å². The first-order valence-electron chi connectivity index (χ1n) is 8.67. The number of carbonyl (C=O) groups excluding carboxylic acids is 1. The fourth-order valence-electron chi connectivity index (χ4n) is 3.15. The van der Waals surface area contributed by atoms with Crippen LogP contribution < -0.4 is 10.6 Å². The predicted octanol–water partition coefficient (Wildman–Crippen LogP) is 4.80. The molecule has 1 aromatic rings. The van der Waals surface area contributed by atoms with Gasteiger partial charge in [0.25, 0.3) is 0 Å². The van der Waals surface area contributed by atoms with Crippen molar-refractivity contribution in [3.63, 3.8) is 0 Å². The molecule has 2 N–H and O–H groups in total. The summed E-state index contributed by atoms with van der Waals surface area (Å²) >= 11 is 0. The fraction of sp³-hybridized carbons (Fsp3) is 0.632. The quantitative estimate of drug-likeness (QED) is 0.820. The van der Waals surface area contributed by atoms with Gasteiger partial charge in [0.05, 0.1) is 0 Å². The van der Waals surface area contributed by atoms with E-state index in [0.717, 1.165) is 18.5 Å². The number of fused-ring (bicyclic) bond motifs is 1. The summed E-state index contributed by atoms with van der Waals surface area (Å²) in [6.45, 7) is 10.1. The Morgan fingerprint density at radius 1 is 1.39 bits per heavy atom. The molecule has 23 heavy (non-hydrogen) atoms. The Kier molecular flexibility index (Phi) is 5.69.